The molecule has 0 saturated heterocycles. The van der Waals surface area contributed by atoms with Gasteiger partial charge in [0.15, 0.2) is 0 Å². The van der Waals surface area contributed by atoms with E-state index >= 15 is 0 Å². The van der Waals surface area contributed by atoms with Gasteiger partial charge in [-0.05, 0) is 49.2 Å². The molecule has 7 heteroatoms. The Hall–Kier alpha value is -3.48. The maximum atomic E-state index is 12.5. The first-order valence-corrected chi connectivity index (χ1v) is 8.35. The third-order valence-corrected chi connectivity index (χ3v) is 4.41. The normalized spacial score (nSPS) is 10.6. The van der Waals surface area contributed by atoms with Crippen LogP contribution in [0.2, 0.25) is 0 Å². The van der Waals surface area contributed by atoms with Crippen LogP contribution in [0.15, 0.2) is 47.4 Å². The summed E-state index contributed by atoms with van der Waals surface area (Å²) in [5.74, 6) is -0.782. The number of methoxy groups -OCH3 is 1. The van der Waals surface area contributed by atoms with Gasteiger partial charge in [-0.15, -0.1) is 0 Å². The lowest BCUT2D eigenvalue weighted by Crippen LogP contribution is -2.22. The number of aromatic nitrogens is 2. The Morgan fingerprint density at radius 2 is 1.93 bits per heavy atom. The molecule has 138 valence electrons. The van der Waals surface area contributed by atoms with Gasteiger partial charge in [-0.25, -0.2) is 4.79 Å². The number of fused-ring (bicyclic) bond motifs is 1. The Kier molecular flexibility index (Phi) is 5.03. The first kappa shape index (κ1) is 18.3. The molecule has 2 aromatic carbocycles. The number of para-hydroxylation sites is 1. The molecular formula is C20H19N3O4. The molecular weight excluding hydrogens is 346 g/mol. The molecule has 7 nitrogen and oxygen atoms in total. The number of carbonyl (C=O) groups excluding carboxylic acids is 2. The van der Waals surface area contributed by atoms with Gasteiger partial charge in [0, 0.05) is 11.1 Å². The fraction of sp³-hybridized carbons (Fsp3) is 0.200. The van der Waals surface area contributed by atoms with Crippen LogP contribution >= 0.6 is 0 Å². The fourth-order valence-corrected chi connectivity index (χ4v) is 2.88. The number of esters is 1. The predicted octanol–water partition coefficient (Wildman–Crippen LogP) is 2.44. The minimum Gasteiger partial charge on any atom is -0.465 e. The van der Waals surface area contributed by atoms with Crippen LogP contribution in [0.5, 0.6) is 0 Å². The largest absolute Gasteiger partial charge is 0.465 e. The Morgan fingerprint density at radius 1 is 1.19 bits per heavy atom. The van der Waals surface area contributed by atoms with Gasteiger partial charge < -0.3 is 10.1 Å². The van der Waals surface area contributed by atoms with Crippen LogP contribution in [0.25, 0.3) is 10.9 Å². The van der Waals surface area contributed by atoms with Gasteiger partial charge >= 0.3 is 5.97 Å². The quantitative estimate of drug-likeness (QED) is 0.717. The van der Waals surface area contributed by atoms with Gasteiger partial charge in [-0.1, -0.05) is 12.1 Å². The van der Waals surface area contributed by atoms with Crippen molar-refractivity contribution in [2.24, 2.45) is 0 Å². The molecule has 27 heavy (non-hydrogen) atoms. The summed E-state index contributed by atoms with van der Waals surface area (Å²) < 4.78 is 6.26. The summed E-state index contributed by atoms with van der Waals surface area (Å²) in [5, 5.41) is 7.32. The molecule has 0 fully saturated rings. The number of hydrogen-bond acceptors (Lipinski definition) is 5. The van der Waals surface area contributed by atoms with Gasteiger partial charge in [0.2, 0.25) is 11.3 Å². The van der Waals surface area contributed by atoms with Gasteiger partial charge in [0.25, 0.3) is 0 Å². The second kappa shape index (κ2) is 7.41. The molecule has 0 radical (unpaired) electrons. The average Bonchev–Trinajstić information content (AvgIpc) is 2.66. The van der Waals surface area contributed by atoms with Gasteiger partial charge in [-0.2, -0.15) is 5.10 Å². The van der Waals surface area contributed by atoms with Gasteiger partial charge in [0.1, 0.15) is 6.54 Å². The third-order valence-electron chi connectivity index (χ3n) is 4.41. The van der Waals surface area contributed by atoms with Crippen LogP contribution in [-0.2, 0) is 16.1 Å². The van der Waals surface area contributed by atoms with Crippen molar-refractivity contribution in [1.29, 1.82) is 0 Å². The molecule has 0 atom stereocenters. The van der Waals surface area contributed by atoms with Crippen molar-refractivity contribution in [3.63, 3.8) is 0 Å². The molecule has 0 aliphatic carbocycles. The van der Waals surface area contributed by atoms with Crippen LogP contribution in [0, 0.1) is 13.8 Å². The molecule has 1 aromatic heterocycles. The lowest BCUT2D eigenvalue weighted by atomic mass is 10.0. The second-order valence-electron chi connectivity index (χ2n) is 6.19. The zero-order valence-electron chi connectivity index (χ0n) is 15.3. The Labute approximate surface area is 155 Å². The van der Waals surface area contributed by atoms with Crippen molar-refractivity contribution < 1.29 is 14.3 Å². The smallest absolute Gasteiger partial charge is 0.338 e. The topological polar surface area (TPSA) is 90.3 Å². The van der Waals surface area contributed by atoms with E-state index in [1.54, 1.807) is 36.4 Å². The van der Waals surface area contributed by atoms with Crippen LogP contribution in [0.1, 0.15) is 21.5 Å². The van der Waals surface area contributed by atoms with Gasteiger partial charge in [0.05, 0.1) is 24.4 Å². The van der Waals surface area contributed by atoms with E-state index in [1.807, 2.05) is 13.8 Å². The van der Waals surface area contributed by atoms with E-state index in [4.69, 9.17) is 4.74 Å². The van der Waals surface area contributed by atoms with Crippen molar-refractivity contribution in [3.8, 4) is 0 Å². The summed E-state index contributed by atoms with van der Waals surface area (Å²) in [6.45, 7) is 3.61. The standard InChI is InChI=1S/C20H19N3O4/c1-12-8-14(9-16(13(12)2)20(26)27-3)22-19(25)11-23-17-7-5-4-6-15(17)18(24)10-21-23/h4-10H,11H2,1-3H3,(H,22,25). The third kappa shape index (κ3) is 3.72. The number of aryl methyl sites for hydroxylation is 1. The number of nitrogens with zero attached hydrogens (tertiary/aromatic N) is 2. The number of benzene rings is 2. The number of amides is 1. The van der Waals surface area contributed by atoms with E-state index in [0.29, 0.717) is 22.2 Å². The van der Waals surface area contributed by atoms with E-state index in [0.717, 1.165) is 11.1 Å². The molecule has 1 N–H and O–H groups in total. The SMILES string of the molecule is COC(=O)c1cc(NC(=O)Cn2ncc(=O)c3ccccc32)cc(C)c1C. The molecule has 0 bridgehead atoms. The van der Waals surface area contributed by atoms with Crippen molar-refractivity contribution in [2.45, 2.75) is 20.4 Å². The summed E-state index contributed by atoms with van der Waals surface area (Å²) in [6.07, 6.45) is 1.20. The Balaban J connectivity index is 1.87. The lowest BCUT2D eigenvalue weighted by Gasteiger charge is -2.13. The maximum Gasteiger partial charge on any atom is 0.338 e. The molecule has 0 unspecified atom stereocenters. The van der Waals surface area contributed by atoms with E-state index in [9.17, 15) is 14.4 Å². The summed E-state index contributed by atoms with van der Waals surface area (Å²) in [5.41, 5.74) is 2.94. The van der Waals surface area contributed by atoms with Gasteiger partial charge in [-0.3, -0.25) is 14.3 Å². The minimum absolute atomic E-state index is 0.0682. The molecule has 1 heterocycles. The molecule has 3 rings (SSSR count). The lowest BCUT2D eigenvalue weighted by molar-refractivity contribution is -0.116. The van der Waals surface area contributed by atoms with Crippen LogP contribution in [0.4, 0.5) is 5.69 Å². The summed E-state index contributed by atoms with van der Waals surface area (Å²) in [6, 6.07) is 10.4. The number of hydrogen-bond donors (Lipinski definition) is 1. The molecule has 0 aliphatic rings. The van der Waals surface area contributed by atoms with Crippen molar-refractivity contribution in [2.75, 3.05) is 12.4 Å². The van der Waals surface area contributed by atoms with Crippen molar-refractivity contribution in [3.05, 3.63) is 69.5 Å². The zero-order chi connectivity index (χ0) is 19.6. The second-order valence-corrected chi connectivity index (χ2v) is 6.19. The number of ether oxygens (including phenoxy) is 1. The molecule has 0 saturated carbocycles. The zero-order valence-corrected chi connectivity index (χ0v) is 15.3. The average molecular weight is 365 g/mol. The number of carbonyl (C=O) groups is 2. The van der Waals surface area contributed by atoms with Crippen molar-refractivity contribution >= 4 is 28.5 Å². The monoisotopic (exact) mass is 365 g/mol. The molecule has 0 aliphatic heterocycles. The first-order valence-electron chi connectivity index (χ1n) is 8.35. The van der Waals surface area contributed by atoms with E-state index in [2.05, 4.69) is 10.4 Å². The summed E-state index contributed by atoms with van der Waals surface area (Å²) in [4.78, 5) is 36.3. The Bertz CT molecular complexity index is 1100. The highest BCUT2D eigenvalue weighted by Crippen LogP contribution is 2.21. The van der Waals surface area contributed by atoms with Crippen LogP contribution < -0.4 is 10.7 Å². The fourth-order valence-electron chi connectivity index (χ4n) is 2.88. The molecule has 3 aromatic rings. The van der Waals surface area contributed by atoms with Crippen LogP contribution in [0.3, 0.4) is 0 Å². The van der Waals surface area contributed by atoms with E-state index in [-0.39, 0.29) is 17.9 Å². The number of nitrogens with one attached hydrogen (secondary N) is 1. The maximum absolute atomic E-state index is 12.5. The highest BCUT2D eigenvalue weighted by molar-refractivity contribution is 5.96. The van der Waals surface area contributed by atoms with Crippen LogP contribution in [-0.4, -0.2) is 28.8 Å². The number of rotatable bonds is 4. The summed E-state index contributed by atoms with van der Waals surface area (Å²) >= 11 is 0. The Morgan fingerprint density at radius 3 is 2.67 bits per heavy atom. The highest BCUT2D eigenvalue weighted by atomic mass is 16.5. The highest BCUT2D eigenvalue weighted by Gasteiger charge is 2.14. The summed E-state index contributed by atoms with van der Waals surface area (Å²) in [7, 11) is 1.31. The molecule has 0 spiro atoms. The minimum atomic E-state index is -0.459. The van der Waals surface area contributed by atoms with E-state index < -0.39 is 5.97 Å². The first-order chi connectivity index (χ1) is 12.9. The number of anilines is 1. The predicted molar refractivity (Wildman–Crippen MR) is 102 cm³/mol. The molecule has 1 amide bonds. The van der Waals surface area contributed by atoms with E-state index in [1.165, 1.54) is 18.0 Å². The van der Waals surface area contributed by atoms with Crippen molar-refractivity contribution in [1.82, 2.24) is 9.78 Å².